The highest BCUT2D eigenvalue weighted by Gasteiger charge is 2.29. The van der Waals surface area contributed by atoms with Gasteiger partial charge in [0.2, 0.25) is 5.91 Å². The predicted molar refractivity (Wildman–Crippen MR) is 83.7 cm³/mol. The number of ether oxygens (including phenoxy) is 1. The van der Waals surface area contributed by atoms with Crippen LogP contribution in [0, 0.1) is 11.8 Å². The topological polar surface area (TPSA) is 38.3 Å². The van der Waals surface area contributed by atoms with Crippen LogP contribution in [-0.4, -0.2) is 24.7 Å². The molecule has 1 fully saturated rings. The molecule has 3 heteroatoms. The van der Waals surface area contributed by atoms with Crippen LogP contribution >= 0.6 is 0 Å². The largest absolute Gasteiger partial charge is 0.369 e. The number of unbranched alkanes of at least 4 members (excludes halogenated alkanes) is 1. The quantitative estimate of drug-likeness (QED) is 0.696. The third-order valence-corrected chi connectivity index (χ3v) is 4.35. The number of nitrogens with one attached hydrogen (secondary N) is 1. The zero-order valence-corrected chi connectivity index (χ0v) is 13.8. The van der Waals surface area contributed by atoms with Crippen LogP contribution in [0.2, 0.25) is 0 Å². The Hall–Kier alpha value is -0.570. The van der Waals surface area contributed by atoms with E-state index < -0.39 is 0 Å². The average Bonchev–Trinajstić information content (AvgIpc) is 2.83. The molecule has 0 aromatic heterocycles. The maximum atomic E-state index is 12.2. The van der Waals surface area contributed by atoms with Gasteiger partial charge in [0.15, 0.2) is 0 Å². The van der Waals surface area contributed by atoms with Crippen LogP contribution in [0.4, 0.5) is 0 Å². The third kappa shape index (κ3) is 6.25. The molecule has 3 atom stereocenters. The molecule has 1 aliphatic carbocycles. The Morgan fingerprint density at radius 3 is 2.70 bits per heavy atom. The first-order chi connectivity index (χ1) is 9.54. The van der Waals surface area contributed by atoms with Crippen LogP contribution in [-0.2, 0) is 9.53 Å². The van der Waals surface area contributed by atoms with Gasteiger partial charge in [-0.25, -0.2) is 0 Å². The van der Waals surface area contributed by atoms with Gasteiger partial charge in [-0.2, -0.15) is 0 Å². The lowest BCUT2D eigenvalue weighted by molar-refractivity contribution is -0.133. The Balaban J connectivity index is 2.29. The van der Waals surface area contributed by atoms with Gasteiger partial charge in [0.05, 0.1) is 0 Å². The lowest BCUT2D eigenvalue weighted by atomic mass is 9.96. The van der Waals surface area contributed by atoms with Crippen LogP contribution in [0.5, 0.6) is 0 Å². The SMILES string of the molecule is CCCCC1CCCC1NC(=O)C(C)OCCC(C)C. The molecule has 0 saturated heterocycles. The van der Waals surface area contributed by atoms with E-state index in [9.17, 15) is 4.79 Å². The summed E-state index contributed by atoms with van der Waals surface area (Å²) in [6.07, 6.45) is 8.13. The van der Waals surface area contributed by atoms with Gasteiger partial charge in [-0.15, -0.1) is 0 Å². The predicted octanol–water partition coefficient (Wildman–Crippen LogP) is 3.91. The summed E-state index contributed by atoms with van der Waals surface area (Å²) in [5.41, 5.74) is 0. The van der Waals surface area contributed by atoms with Crippen LogP contribution in [0.3, 0.4) is 0 Å². The van der Waals surface area contributed by atoms with Crippen LogP contribution in [0.1, 0.15) is 72.6 Å². The maximum Gasteiger partial charge on any atom is 0.249 e. The second-order valence-corrected chi connectivity index (χ2v) is 6.64. The van der Waals surface area contributed by atoms with Gasteiger partial charge < -0.3 is 10.1 Å². The van der Waals surface area contributed by atoms with Crippen molar-refractivity contribution in [1.29, 1.82) is 0 Å². The fourth-order valence-corrected chi connectivity index (χ4v) is 2.89. The molecule has 20 heavy (non-hydrogen) atoms. The molecule has 1 N–H and O–H groups in total. The number of carbonyl (C=O) groups is 1. The monoisotopic (exact) mass is 283 g/mol. The summed E-state index contributed by atoms with van der Waals surface area (Å²) in [5, 5.41) is 3.21. The molecule has 3 nitrogen and oxygen atoms in total. The molecule has 3 unspecified atom stereocenters. The molecule has 1 aliphatic rings. The van der Waals surface area contributed by atoms with Crippen molar-refractivity contribution in [2.24, 2.45) is 11.8 Å². The highest BCUT2D eigenvalue weighted by molar-refractivity contribution is 5.80. The van der Waals surface area contributed by atoms with Crippen molar-refractivity contribution in [2.75, 3.05) is 6.61 Å². The van der Waals surface area contributed by atoms with Gasteiger partial charge in [0, 0.05) is 12.6 Å². The Labute approximate surface area is 124 Å². The minimum Gasteiger partial charge on any atom is -0.369 e. The average molecular weight is 283 g/mol. The van der Waals surface area contributed by atoms with Gasteiger partial charge >= 0.3 is 0 Å². The van der Waals surface area contributed by atoms with Crippen LogP contribution < -0.4 is 5.32 Å². The molecule has 1 amide bonds. The Kier molecular flexibility index (Phi) is 8.20. The van der Waals surface area contributed by atoms with Crippen molar-refractivity contribution in [3.63, 3.8) is 0 Å². The summed E-state index contributed by atoms with van der Waals surface area (Å²) in [4.78, 5) is 12.2. The summed E-state index contributed by atoms with van der Waals surface area (Å²) in [6, 6.07) is 0.380. The third-order valence-electron chi connectivity index (χ3n) is 4.35. The first-order valence-corrected chi connectivity index (χ1v) is 8.46. The van der Waals surface area contributed by atoms with Gasteiger partial charge in [-0.05, 0) is 44.4 Å². The number of hydrogen-bond donors (Lipinski definition) is 1. The minimum absolute atomic E-state index is 0.0714. The molecular weight excluding hydrogens is 250 g/mol. The maximum absolute atomic E-state index is 12.2. The van der Waals surface area contributed by atoms with Gasteiger partial charge in [0.25, 0.3) is 0 Å². The van der Waals surface area contributed by atoms with Crippen LogP contribution in [0.25, 0.3) is 0 Å². The standard InChI is InChI=1S/C17H33NO2/c1-5-6-8-15-9-7-10-16(15)18-17(19)14(4)20-12-11-13(2)3/h13-16H,5-12H2,1-4H3,(H,18,19). The van der Waals surface area contributed by atoms with E-state index >= 15 is 0 Å². The first-order valence-electron chi connectivity index (χ1n) is 8.46. The smallest absolute Gasteiger partial charge is 0.249 e. The molecule has 1 saturated carbocycles. The normalized spacial score (nSPS) is 24.1. The van der Waals surface area contributed by atoms with E-state index in [-0.39, 0.29) is 12.0 Å². The zero-order valence-electron chi connectivity index (χ0n) is 13.8. The number of carbonyl (C=O) groups excluding carboxylic acids is 1. The second kappa shape index (κ2) is 9.38. The zero-order chi connectivity index (χ0) is 15.0. The molecule has 0 heterocycles. The van der Waals surface area contributed by atoms with Crippen molar-refractivity contribution in [3.05, 3.63) is 0 Å². The molecule has 118 valence electrons. The summed E-state index contributed by atoms with van der Waals surface area (Å²) in [5.74, 6) is 1.38. The summed E-state index contributed by atoms with van der Waals surface area (Å²) in [6.45, 7) is 9.12. The first kappa shape index (κ1) is 17.5. The van der Waals surface area contributed by atoms with Crippen molar-refractivity contribution in [1.82, 2.24) is 5.32 Å². The second-order valence-electron chi connectivity index (χ2n) is 6.64. The number of hydrogen-bond acceptors (Lipinski definition) is 2. The van der Waals surface area contributed by atoms with E-state index in [1.165, 1.54) is 32.1 Å². The lowest BCUT2D eigenvalue weighted by Crippen LogP contribution is -2.43. The van der Waals surface area contributed by atoms with Gasteiger partial charge in [-0.1, -0.05) is 40.0 Å². The summed E-state index contributed by atoms with van der Waals surface area (Å²) >= 11 is 0. The number of amides is 1. The Morgan fingerprint density at radius 2 is 2.05 bits per heavy atom. The van der Waals surface area contributed by atoms with Gasteiger partial charge in [-0.3, -0.25) is 4.79 Å². The van der Waals surface area contributed by atoms with E-state index in [0.29, 0.717) is 24.5 Å². The molecule has 0 radical (unpaired) electrons. The van der Waals surface area contributed by atoms with E-state index in [4.69, 9.17) is 4.74 Å². The Morgan fingerprint density at radius 1 is 1.30 bits per heavy atom. The molecule has 1 rings (SSSR count). The van der Waals surface area contributed by atoms with Crippen molar-refractivity contribution >= 4 is 5.91 Å². The highest BCUT2D eigenvalue weighted by atomic mass is 16.5. The fourth-order valence-electron chi connectivity index (χ4n) is 2.89. The van der Waals surface area contributed by atoms with Gasteiger partial charge in [0.1, 0.15) is 6.10 Å². The Bertz CT molecular complexity index is 278. The fraction of sp³-hybridized carbons (Fsp3) is 0.941. The van der Waals surface area contributed by atoms with Crippen molar-refractivity contribution < 1.29 is 9.53 Å². The lowest BCUT2D eigenvalue weighted by Gasteiger charge is -2.23. The summed E-state index contributed by atoms with van der Waals surface area (Å²) in [7, 11) is 0. The van der Waals surface area contributed by atoms with Crippen LogP contribution in [0.15, 0.2) is 0 Å². The molecule has 0 aromatic rings. The van der Waals surface area contributed by atoms with Crippen molar-refractivity contribution in [2.45, 2.75) is 84.8 Å². The van der Waals surface area contributed by atoms with E-state index in [1.807, 2.05) is 6.92 Å². The minimum atomic E-state index is -0.318. The molecular formula is C17H33NO2. The van der Waals surface area contributed by atoms with E-state index in [0.717, 1.165) is 12.8 Å². The molecule has 0 aromatic carbocycles. The van der Waals surface area contributed by atoms with Crippen molar-refractivity contribution in [3.8, 4) is 0 Å². The molecule has 0 spiro atoms. The van der Waals surface area contributed by atoms with E-state index in [2.05, 4.69) is 26.1 Å². The highest BCUT2D eigenvalue weighted by Crippen LogP contribution is 2.29. The molecule has 0 bridgehead atoms. The molecule has 0 aliphatic heterocycles. The summed E-state index contributed by atoms with van der Waals surface area (Å²) < 4.78 is 5.63. The van der Waals surface area contributed by atoms with E-state index in [1.54, 1.807) is 0 Å². The number of rotatable bonds is 9.